The predicted molar refractivity (Wildman–Crippen MR) is 74.6 cm³/mol. The van der Waals surface area contributed by atoms with Crippen LogP contribution in [0.1, 0.15) is 29.9 Å². The third-order valence-corrected chi connectivity index (χ3v) is 3.38. The van der Waals surface area contributed by atoms with E-state index in [2.05, 4.69) is 22.2 Å². The second-order valence-corrected chi connectivity index (χ2v) is 4.82. The van der Waals surface area contributed by atoms with Crippen molar-refractivity contribution in [3.63, 3.8) is 0 Å². The van der Waals surface area contributed by atoms with Gasteiger partial charge in [0.2, 0.25) is 6.79 Å². The average Bonchev–Trinajstić information content (AvgIpc) is 2.92. The molecule has 0 spiro atoms. The molecule has 0 bridgehead atoms. The van der Waals surface area contributed by atoms with Crippen LogP contribution in [0.5, 0.6) is 11.5 Å². The van der Waals surface area contributed by atoms with Crippen LogP contribution >= 0.6 is 0 Å². The van der Waals surface area contributed by atoms with Gasteiger partial charge in [-0.05, 0) is 31.5 Å². The SMILES string of the molecule is Cc1nccnc1C(C)NCc1ccc2c(c1)OCO2. The Morgan fingerprint density at radius 3 is 2.85 bits per heavy atom. The molecule has 2 aromatic rings. The fraction of sp³-hybridized carbons (Fsp3) is 0.333. The van der Waals surface area contributed by atoms with E-state index in [1.165, 1.54) is 0 Å². The maximum atomic E-state index is 5.38. The number of rotatable bonds is 4. The standard InChI is InChI=1S/C15H17N3O2/c1-10-15(17-6-5-16-10)11(2)18-8-12-3-4-13-14(7-12)20-9-19-13/h3-7,11,18H,8-9H2,1-2H3. The Balaban J connectivity index is 1.66. The summed E-state index contributed by atoms with van der Waals surface area (Å²) in [5.74, 6) is 1.62. The highest BCUT2D eigenvalue weighted by Gasteiger charge is 2.14. The minimum absolute atomic E-state index is 0.147. The summed E-state index contributed by atoms with van der Waals surface area (Å²) in [4.78, 5) is 8.64. The minimum atomic E-state index is 0.147. The number of nitrogens with one attached hydrogen (secondary N) is 1. The Morgan fingerprint density at radius 2 is 2.00 bits per heavy atom. The lowest BCUT2D eigenvalue weighted by Crippen LogP contribution is -2.20. The van der Waals surface area contributed by atoms with Crippen molar-refractivity contribution in [1.82, 2.24) is 15.3 Å². The average molecular weight is 271 g/mol. The lowest BCUT2D eigenvalue weighted by molar-refractivity contribution is 0.174. The normalized spacial score (nSPS) is 14.3. The molecule has 5 heteroatoms. The molecule has 20 heavy (non-hydrogen) atoms. The molecule has 0 amide bonds. The largest absolute Gasteiger partial charge is 0.454 e. The van der Waals surface area contributed by atoms with Gasteiger partial charge >= 0.3 is 0 Å². The zero-order valence-electron chi connectivity index (χ0n) is 11.6. The molecule has 1 aromatic heterocycles. The lowest BCUT2D eigenvalue weighted by Gasteiger charge is -2.15. The van der Waals surface area contributed by atoms with Gasteiger partial charge in [0.05, 0.1) is 11.4 Å². The maximum absolute atomic E-state index is 5.38. The molecule has 0 radical (unpaired) electrons. The Labute approximate surface area is 118 Å². The minimum Gasteiger partial charge on any atom is -0.454 e. The highest BCUT2D eigenvalue weighted by Crippen LogP contribution is 2.32. The molecule has 0 fully saturated rings. The summed E-state index contributed by atoms with van der Waals surface area (Å²) in [6.07, 6.45) is 3.43. The zero-order valence-corrected chi connectivity index (χ0v) is 11.6. The quantitative estimate of drug-likeness (QED) is 0.925. The van der Waals surface area contributed by atoms with Crippen molar-refractivity contribution < 1.29 is 9.47 Å². The molecule has 104 valence electrons. The van der Waals surface area contributed by atoms with E-state index < -0.39 is 0 Å². The van der Waals surface area contributed by atoms with E-state index in [1.54, 1.807) is 12.4 Å². The third-order valence-electron chi connectivity index (χ3n) is 3.38. The van der Waals surface area contributed by atoms with Crippen molar-refractivity contribution in [3.8, 4) is 11.5 Å². The molecule has 1 N–H and O–H groups in total. The van der Waals surface area contributed by atoms with Gasteiger partial charge in [0.25, 0.3) is 0 Å². The number of benzene rings is 1. The number of ether oxygens (including phenoxy) is 2. The van der Waals surface area contributed by atoms with Gasteiger partial charge in [-0.3, -0.25) is 9.97 Å². The summed E-state index contributed by atoms with van der Waals surface area (Å²) < 4.78 is 10.7. The van der Waals surface area contributed by atoms with Crippen molar-refractivity contribution in [2.24, 2.45) is 0 Å². The first-order chi connectivity index (χ1) is 9.74. The van der Waals surface area contributed by atoms with Gasteiger partial charge in [-0.1, -0.05) is 6.07 Å². The van der Waals surface area contributed by atoms with Gasteiger partial charge in [-0.15, -0.1) is 0 Å². The highest BCUT2D eigenvalue weighted by atomic mass is 16.7. The summed E-state index contributed by atoms with van der Waals surface area (Å²) in [7, 11) is 0. The molecule has 1 aliphatic heterocycles. The highest BCUT2D eigenvalue weighted by molar-refractivity contribution is 5.44. The van der Waals surface area contributed by atoms with Crippen molar-refractivity contribution in [2.45, 2.75) is 26.4 Å². The van der Waals surface area contributed by atoms with Crippen LogP contribution in [0.25, 0.3) is 0 Å². The molecule has 0 aliphatic carbocycles. The summed E-state index contributed by atoms with van der Waals surface area (Å²) >= 11 is 0. The number of nitrogens with zero attached hydrogens (tertiary/aromatic N) is 2. The fourth-order valence-electron chi connectivity index (χ4n) is 2.26. The fourth-order valence-corrected chi connectivity index (χ4v) is 2.26. The lowest BCUT2D eigenvalue weighted by atomic mass is 10.1. The third kappa shape index (κ3) is 2.58. The number of hydrogen-bond acceptors (Lipinski definition) is 5. The smallest absolute Gasteiger partial charge is 0.231 e. The van der Waals surface area contributed by atoms with E-state index >= 15 is 0 Å². The van der Waals surface area contributed by atoms with Gasteiger partial charge in [0.15, 0.2) is 11.5 Å². The first kappa shape index (κ1) is 12.9. The molecule has 0 saturated heterocycles. The van der Waals surface area contributed by atoms with Crippen LogP contribution in [0.3, 0.4) is 0 Å². The van der Waals surface area contributed by atoms with Crippen LogP contribution in [-0.4, -0.2) is 16.8 Å². The van der Waals surface area contributed by atoms with Crippen LogP contribution in [0.15, 0.2) is 30.6 Å². The van der Waals surface area contributed by atoms with Crippen LogP contribution in [0, 0.1) is 6.92 Å². The topological polar surface area (TPSA) is 56.3 Å². The van der Waals surface area contributed by atoms with Crippen molar-refractivity contribution in [1.29, 1.82) is 0 Å². The summed E-state index contributed by atoms with van der Waals surface area (Å²) in [6, 6.07) is 6.13. The van der Waals surface area contributed by atoms with Crippen molar-refractivity contribution in [2.75, 3.05) is 6.79 Å². The van der Waals surface area contributed by atoms with E-state index in [1.807, 2.05) is 25.1 Å². The van der Waals surface area contributed by atoms with Gasteiger partial charge in [0.1, 0.15) is 0 Å². The van der Waals surface area contributed by atoms with Gasteiger partial charge in [0, 0.05) is 25.0 Å². The van der Waals surface area contributed by atoms with Gasteiger partial charge in [-0.2, -0.15) is 0 Å². The van der Waals surface area contributed by atoms with Crippen LogP contribution in [-0.2, 0) is 6.54 Å². The number of hydrogen-bond donors (Lipinski definition) is 1. The van der Waals surface area contributed by atoms with Crippen molar-refractivity contribution in [3.05, 3.63) is 47.5 Å². The predicted octanol–water partition coefficient (Wildman–Crippen LogP) is 2.36. The maximum Gasteiger partial charge on any atom is 0.231 e. The van der Waals surface area contributed by atoms with Crippen LogP contribution in [0.2, 0.25) is 0 Å². The molecule has 3 rings (SSSR count). The molecule has 1 aliphatic rings. The van der Waals surface area contributed by atoms with Crippen molar-refractivity contribution >= 4 is 0 Å². The molecule has 0 saturated carbocycles. The van der Waals surface area contributed by atoms with E-state index in [9.17, 15) is 0 Å². The Bertz CT molecular complexity index is 616. The van der Waals surface area contributed by atoms with E-state index in [0.717, 1.165) is 35.0 Å². The second-order valence-electron chi connectivity index (χ2n) is 4.82. The molecule has 5 nitrogen and oxygen atoms in total. The van der Waals surface area contributed by atoms with Gasteiger partial charge < -0.3 is 14.8 Å². The Kier molecular flexibility index (Phi) is 3.52. The van der Waals surface area contributed by atoms with Crippen LogP contribution < -0.4 is 14.8 Å². The second kappa shape index (κ2) is 5.46. The summed E-state index contributed by atoms with van der Waals surface area (Å²) in [5, 5.41) is 3.45. The number of aryl methyl sites for hydroxylation is 1. The Hall–Kier alpha value is -2.14. The number of fused-ring (bicyclic) bond motifs is 1. The zero-order chi connectivity index (χ0) is 13.9. The summed E-state index contributed by atoms with van der Waals surface area (Å²) in [5.41, 5.74) is 3.09. The molecule has 1 atom stereocenters. The monoisotopic (exact) mass is 271 g/mol. The van der Waals surface area contributed by atoms with Gasteiger partial charge in [-0.25, -0.2) is 0 Å². The first-order valence-corrected chi connectivity index (χ1v) is 6.63. The van der Waals surface area contributed by atoms with E-state index in [4.69, 9.17) is 9.47 Å². The number of aromatic nitrogens is 2. The molecule has 1 unspecified atom stereocenters. The first-order valence-electron chi connectivity index (χ1n) is 6.63. The molecular weight excluding hydrogens is 254 g/mol. The molecule has 1 aromatic carbocycles. The summed E-state index contributed by atoms with van der Waals surface area (Å²) in [6.45, 7) is 5.11. The molecular formula is C15H17N3O2. The van der Waals surface area contributed by atoms with Crippen LogP contribution in [0.4, 0.5) is 0 Å². The molecule has 2 heterocycles. The Morgan fingerprint density at radius 1 is 1.20 bits per heavy atom. The van der Waals surface area contributed by atoms with E-state index in [-0.39, 0.29) is 6.04 Å². The van der Waals surface area contributed by atoms with E-state index in [0.29, 0.717) is 6.79 Å².